The van der Waals surface area contributed by atoms with Crippen LogP contribution >= 0.6 is 12.4 Å². The van der Waals surface area contributed by atoms with E-state index in [1.807, 2.05) is 0 Å². The summed E-state index contributed by atoms with van der Waals surface area (Å²) in [6.45, 7) is 1.28. The number of alkyl halides is 2. The number of esters is 1. The number of carbonyl (C=O) groups is 1. The van der Waals surface area contributed by atoms with Gasteiger partial charge in [0.05, 0.1) is 6.61 Å². The number of hydrogen-bond donors (Lipinski definition) is 2. The molecule has 0 saturated heterocycles. The lowest BCUT2D eigenvalue weighted by Gasteiger charge is -2.22. The van der Waals surface area contributed by atoms with Gasteiger partial charge in [-0.3, -0.25) is 0 Å². The van der Waals surface area contributed by atoms with E-state index < -0.39 is 17.9 Å². The second-order valence-electron chi connectivity index (χ2n) is 3.30. The van der Waals surface area contributed by atoms with Crippen LogP contribution in [0.15, 0.2) is 18.3 Å². The lowest BCUT2D eigenvalue weighted by molar-refractivity contribution is -0.174. The number of halogens is 3. The molecule has 0 fully saturated rings. The molecule has 0 aliphatic rings. The number of carbonyl (C=O) groups excluding carboxylic acids is 1. The molecule has 8 heteroatoms. The van der Waals surface area contributed by atoms with Gasteiger partial charge in [-0.2, -0.15) is 8.78 Å². The van der Waals surface area contributed by atoms with Crippen molar-refractivity contribution < 1.29 is 18.3 Å². The maximum Gasteiger partial charge on any atom is 0.379 e. The van der Waals surface area contributed by atoms with Gasteiger partial charge in [0, 0.05) is 11.8 Å². The van der Waals surface area contributed by atoms with Crippen LogP contribution in [-0.4, -0.2) is 23.5 Å². The Balaban J connectivity index is 0.00000289. The summed E-state index contributed by atoms with van der Waals surface area (Å²) in [7, 11) is 0. The zero-order valence-electron chi connectivity index (χ0n) is 9.60. The number of hydrogen-bond acceptors (Lipinski definition) is 5. The summed E-state index contributed by atoms with van der Waals surface area (Å²) in [5.41, 5.74) is 10.7. The molecule has 1 aromatic heterocycles. The van der Waals surface area contributed by atoms with Gasteiger partial charge in [-0.15, -0.1) is 12.4 Å². The Morgan fingerprint density at radius 1 is 1.61 bits per heavy atom. The molecule has 0 amide bonds. The minimum Gasteiger partial charge on any atom is -0.462 e. The summed E-state index contributed by atoms with van der Waals surface area (Å²) < 4.78 is 31.4. The van der Waals surface area contributed by atoms with Crippen LogP contribution in [0.5, 0.6) is 0 Å². The minimum atomic E-state index is -3.84. The SMILES string of the molecule is CCOC(=O)C(F)(F)[C@@H](N)c1cccnc1N.Cl. The predicted molar refractivity (Wildman–Crippen MR) is 64.4 cm³/mol. The molecule has 1 rings (SSSR count). The molecular weight excluding hydrogens is 268 g/mol. The molecular formula is C10H14ClF2N3O2. The summed E-state index contributed by atoms with van der Waals surface area (Å²) >= 11 is 0. The molecule has 0 aliphatic carbocycles. The van der Waals surface area contributed by atoms with Crippen LogP contribution in [0.25, 0.3) is 0 Å². The molecule has 1 heterocycles. The first-order valence-corrected chi connectivity index (χ1v) is 4.92. The fourth-order valence-corrected chi connectivity index (χ4v) is 1.24. The van der Waals surface area contributed by atoms with Gasteiger partial charge < -0.3 is 16.2 Å². The lowest BCUT2D eigenvalue weighted by atomic mass is 10.0. The number of aromatic nitrogens is 1. The summed E-state index contributed by atoms with van der Waals surface area (Å²) in [5.74, 6) is -5.65. The molecule has 0 aromatic carbocycles. The summed E-state index contributed by atoms with van der Waals surface area (Å²) in [6.07, 6.45) is 1.34. The first-order chi connectivity index (χ1) is 7.91. The summed E-state index contributed by atoms with van der Waals surface area (Å²) in [6, 6.07) is 0.822. The van der Waals surface area contributed by atoms with Gasteiger partial charge >= 0.3 is 11.9 Å². The van der Waals surface area contributed by atoms with Crippen molar-refractivity contribution in [2.45, 2.75) is 18.9 Å². The maximum atomic E-state index is 13.6. The molecule has 0 spiro atoms. The molecule has 4 N–H and O–H groups in total. The van der Waals surface area contributed by atoms with E-state index in [4.69, 9.17) is 11.5 Å². The van der Waals surface area contributed by atoms with Crippen molar-refractivity contribution in [3.05, 3.63) is 23.9 Å². The molecule has 102 valence electrons. The molecule has 1 atom stereocenters. The average Bonchev–Trinajstić information content (AvgIpc) is 2.29. The first kappa shape index (κ1) is 16.5. The van der Waals surface area contributed by atoms with Gasteiger partial charge in [-0.1, -0.05) is 6.07 Å². The molecule has 1 aromatic rings. The van der Waals surface area contributed by atoms with Crippen molar-refractivity contribution >= 4 is 24.2 Å². The number of rotatable bonds is 4. The fraction of sp³-hybridized carbons (Fsp3) is 0.400. The molecule has 0 bridgehead atoms. The van der Waals surface area contributed by atoms with Crippen molar-refractivity contribution in [3.8, 4) is 0 Å². The van der Waals surface area contributed by atoms with Crippen LogP contribution in [0.1, 0.15) is 18.5 Å². The third kappa shape index (κ3) is 3.27. The highest BCUT2D eigenvalue weighted by atomic mass is 35.5. The molecule has 5 nitrogen and oxygen atoms in total. The van der Waals surface area contributed by atoms with E-state index >= 15 is 0 Å². The van der Waals surface area contributed by atoms with Crippen LogP contribution in [-0.2, 0) is 9.53 Å². The van der Waals surface area contributed by atoms with Crippen LogP contribution in [0.3, 0.4) is 0 Å². The number of nitrogens with zero attached hydrogens (tertiary/aromatic N) is 1. The Hall–Kier alpha value is -1.47. The maximum absolute atomic E-state index is 13.6. The van der Waals surface area contributed by atoms with Gasteiger partial charge in [-0.25, -0.2) is 9.78 Å². The fourth-order valence-electron chi connectivity index (χ4n) is 1.24. The minimum absolute atomic E-state index is 0. The summed E-state index contributed by atoms with van der Waals surface area (Å²) in [5, 5.41) is 0. The predicted octanol–water partition coefficient (Wildman–Crippen LogP) is 1.28. The van der Waals surface area contributed by atoms with E-state index in [0.717, 1.165) is 0 Å². The van der Waals surface area contributed by atoms with Crippen molar-refractivity contribution in [3.63, 3.8) is 0 Å². The standard InChI is InChI=1S/C10H13F2N3O2.ClH/c1-2-17-9(16)10(11,12)7(13)6-4-3-5-15-8(6)14;/h3-5,7H,2,13H2,1H3,(H2,14,15);1H/t7-;/m0./s1. The van der Waals surface area contributed by atoms with Gasteiger partial charge in [0.25, 0.3) is 0 Å². The van der Waals surface area contributed by atoms with Gasteiger partial charge in [-0.05, 0) is 13.0 Å². The Labute approximate surface area is 109 Å². The smallest absolute Gasteiger partial charge is 0.379 e. The largest absolute Gasteiger partial charge is 0.462 e. The molecule has 0 aliphatic heterocycles. The van der Waals surface area contributed by atoms with Crippen LogP contribution in [0.4, 0.5) is 14.6 Å². The van der Waals surface area contributed by atoms with E-state index in [-0.39, 0.29) is 30.4 Å². The molecule has 0 unspecified atom stereocenters. The number of anilines is 1. The Morgan fingerprint density at radius 2 is 2.22 bits per heavy atom. The monoisotopic (exact) mass is 281 g/mol. The molecule has 18 heavy (non-hydrogen) atoms. The highest BCUT2D eigenvalue weighted by Crippen LogP contribution is 2.32. The van der Waals surface area contributed by atoms with Crippen LogP contribution < -0.4 is 11.5 Å². The van der Waals surface area contributed by atoms with E-state index in [1.165, 1.54) is 25.3 Å². The van der Waals surface area contributed by atoms with Crippen molar-refractivity contribution in [1.82, 2.24) is 4.98 Å². The van der Waals surface area contributed by atoms with E-state index in [9.17, 15) is 13.6 Å². The second-order valence-corrected chi connectivity index (χ2v) is 3.30. The summed E-state index contributed by atoms with van der Waals surface area (Å²) in [4.78, 5) is 14.7. The second kappa shape index (κ2) is 6.46. The third-order valence-corrected chi connectivity index (χ3v) is 2.14. The van der Waals surface area contributed by atoms with Crippen molar-refractivity contribution in [1.29, 1.82) is 0 Å². The highest BCUT2D eigenvalue weighted by Gasteiger charge is 2.48. The average molecular weight is 282 g/mol. The van der Waals surface area contributed by atoms with E-state index in [2.05, 4.69) is 9.72 Å². The number of nitrogens with two attached hydrogens (primary N) is 2. The first-order valence-electron chi connectivity index (χ1n) is 4.92. The van der Waals surface area contributed by atoms with Crippen molar-refractivity contribution in [2.75, 3.05) is 12.3 Å². The Morgan fingerprint density at radius 3 is 2.72 bits per heavy atom. The van der Waals surface area contributed by atoms with Gasteiger partial charge in [0.1, 0.15) is 11.9 Å². The van der Waals surface area contributed by atoms with Crippen molar-refractivity contribution in [2.24, 2.45) is 5.73 Å². The van der Waals surface area contributed by atoms with Crippen LogP contribution in [0, 0.1) is 0 Å². The number of nitrogen functional groups attached to an aromatic ring is 1. The van der Waals surface area contributed by atoms with Gasteiger partial charge in [0.2, 0.25) is 0 Å². The normalized spacial score (nSPS) is 12.4. The number of pyridine rings is 1. The lowest BCUT2D eigenvalue weighted by Crippen LogP contribution is -2.42. The zero-order valence-corrected chi connectivity index (χ0v) is 10.4. The van der Waals surface area contributed by atoms with Crippen LogP contribution in [0.2, 0.25) is 0 Å². The Kier molecular flexibility index (Phi) is 5.93. The van der Waals surface area contributed by atoms with Gasteiger partial charge in [0.15, 0.2) is 0 Å². The molecule has 0 radical (unpaired) electrons. The topological polar surface area (TPSA) is 91.2 Å². The quantitative estimate of drug-likeness (QED) is 0.811. The van der Waals surface area contributed by atoms with E-state index in [1.54, 1.807) is 0 Å². The number of ether oxygens (including phenoxy) is 1. The van der Waals surface area contributed by atoms with E-state index in [0.29, 0.717) is 0 Å². The zero-order chi connectivity index (χ0) is 13.1. The molecule has 0 saturated carbocycles. The highest BCUT2D eigenvalue weighted by molar-refractivity contribution is 5.85. The third-order valence-electron chi connectivity index (χ3n) is 2.14. The Bertz CT molecular complexity index is 418.